The van der Waals surface area contributed by atoms with E-state index in [0.717, 1.165) is 43.2 Å². The van der Waals surface area contributed by atoms with Crippen molar-refractivity contribution in [3.63, 3.8) is 0 Å². The first-order valence-corrected chi connectivity index (χ1v) is 8.24. The molecule has 1 aliphatic heterocycles. The third-order valence-electron chi connectivity index (χ3n) is 4.21. The van der Waals surface area contributed by atoms with Crippen molar-refractivity contribution < 1.29 is 13.2 Å². The summed E-state index contributed by atoms with van der Waals surface area (Å²) in [5.41, 5.74) is 3.15. The van der Waals surface area contributed by atoms with Crippen molar-refractivity contribution in [3.8, 4) is 0 Å². The van der Waals surface area contributed by atoms with Crippen molar-refractivity contribution >= 4 is 29.7 Å². The van der Waals surface area contributed by atoms with Gasteiger partial charge < -0.3 is 10.6 Å². The molecule has 0 unspecified atom stereocenters. The fourth-order valence-corrected chi connectivity index (χ4v) is 3.23. The van der Waals surface area contributed by atoms with Crippen molar-refractivity contribution in [2.45, 2.75) is 25.6 Å². The van der Waals surface area contributed by atoms with Crippen LogP contribution in [-0.4, -0.2) is 13.1 Å². The number of anilines is 1. The Morgan fingerprint density at radius 1 is 1.08 bits per heavy atom. The monoisotopic (exact) mass is 390 g/mol. The lowest BCUT2D eigenvalue weighted by atomic mass is 10.0. The van der Waals surface area contributed by atoms with E-state index in [0.29, 0.717) is 17.1 Å². The summed E-state index contributed by atoms with van der Waals surface area (Å²) in [4.78, 5) is 0. The molecular formula is C18H19Cl2F3N2. The lowest BCUT2D eigenvalue weighted by Crippen LogP contribution is -2.16. The van der Waals surface area contributed by atoms with Gasteiger partial charge in [0.15, 0.2) is 0 Å². The Labute approximate surface area is 156 Å². The van der Waals surface area contributed by atoms with Crippen molar-refractivity contribution in [2.24, 2.45) is 0 Å². The highest BCUT2D eigenvalue weighted by Gasteiger charge is 2.30. The predicted octanol–water partition coefficient (Wildman–Crippen LogP) is 5.08. The smallest absolute Gasteiger partial charge is 0.380 e. The molecule has 0 saturated heterocycles. The van der Waals surface area contributed by atoms with Gasteiger partial charge in [0.2, 0.25) is 0 Å². The minimum atomic E-state index is -4.33. The molecule has 0 radical (unpaired) electrons. The fourth-order valence-electron chi connectivity index (χ4n) is 2.98. The van der Waals surface area contributed by atoms with Crippen molar-refractivity contribution in [3.05, 3.63) is 63.7 Å². The third kappa shape index (κ3) is 4.81. The highest BCUT2D eigenvalue weighted by Crippen LogP contribution is 2.32. The molecule has 0 saturated carbocycles. The second-order valence-corrected chi connectivity index (χ2v) is 6.27. The Kier molecular flexibility index (Phi) is 6.60. The highest BCUT2D eigenvalue weighted by atomic mass is 35.5. The Balaban J connectivity index is 0.00000225. The second kappa shape index (κ2) is 8.30. The molecule has 0 bridgehead atoms. The van der Waals surface area contributed by atoms with Gasteiger partial charge in [0, 0.05) is 6.54 Å². The molecule has 136 valence electrons. The molecule has 1 aliphatic rings. The number of alkyl halides is 3. The van der Waals surface area contributed by atoms with Gasteiger partial charge in [0.05, 0.1) is 16.3 Å². The summed E-state index contributed by atoms with van der Waals surface area (Å²) in [6.07, 6.45) is -2.56. The van der Waals surface area contributed by atoms with Crippen LogP contribution in [0.3, 0.4) is 0 Å². The van der Waals surface area contributed by atoms with E-state index in [1.54, 1.807) is 6.07 Å². The number of rotatable bonds is 3. The molecule has 2 aromatic rings. The van der Waals surface area contributed by atoms with E-state index < -0.39 is 11.7 Å². The SMILES string of the molecule is Cl.FC(F)(F)c1cccc(CNc2c(Cl)ccc3c2CCNCC3)c1. The molecule has 0 aliphatic carbocycles. The highest BCUT2D eigenvalue weighted by molar-refractivity contribution is 6.33. The Hall–Kier alpha value is -1.43. The molecule has 25 heavy (non-hydrogen) atoms. The number of nitrogens with one attached hydrogen (secondary N) is 2. The first kappa shape index (κ1) is 19.9. The predicted molar refractivity (Wildman–Crippen MR) is 97.7 cm³/mol. The quantitative estimate of drug-likeness (QED) is 0.763. The lowest BCUT2D eigenvalue weighted by molar-refractivity contribution is -0.137. The van der Waals surface area contributed by atoms with Gasteiger partial charge in [-0.05, 0) is 60.8 Å². The minimum absolute atomic E-state index is 0. The van der Waals surface area contributed by atoms with Gasteiger partial charge in [-0.15, -0.1) is 12.4 Å². The van der Waals surface area contributed by atoms with Crippen LogP contribution in [0.4, 0.5) is 18.9 Å². The number of fused-ring (bicyclic) bond motifs is 1. The molecule has 0 amide bonds. The van der Waals surface area contributed by atoms with E-state index in [1.165, 1.54) is 17.7 Å². The molecule has 0 aromatic heterocycles. The molecule has 3 rings (SSSR count). The standard InChI is InChI=1S/C18H18ClF3N2.ClH/c19-16-5-4-13-6-8-23-9-7-15(13)17(16)24-11-12-2-1-3-14(10-12)18(20,21)22;/h1-5,10,23-24H,6-9,11H2;1H. The maximum Gasteiger partial charge on any atom is 0.416 e. The van der Waals surface area contributed by atoms with Crippen LogP contribution in [-0.2, 0) is 25.6 Å². The van der Waals surface area contributed by atoms with Crippen LogP contribution in [0.15, 0.2) is 36.4 Å². The largest absolute Gasteiger partial charge is 0.416 e. The van der Waals surface area contributed by atoms with E-state index in [2.05, 4.69) is 10.6 Å². The first-order chi connectivity index (χ1) is 11.4. The number of hydrogen-bond donors (Lipinski definition) is 2. The van der Waals surface area contributed by atoms with E-state index >= 15 is 0 Å². The third-order valence-corrected chi connectivity index (χ3v) is 4.52. The van der Waals surface area contributed by atoms with Crippen LogP contribution in [0.2, 0.25) is 5.02 Å². The van der Waals surface area contributed by atoms with Gasteiger partial charge in [-0.2, -0.15) is 13.2 Å². The number of hydrogen-bond acceptors (Lipinski definition) is 2. The van der Waals surface area contributed by atoms with Gasteiger partial charge in [-0.1, -0.05) is 29.8 Å². The maximum absolute atomic E-state index is 12.8. The average molecular weight is 391 g/mol. The summed E-state index contributed by atoms with van der Waals surface area (Å²) in [5.74, 6) is 0. The van der Waals surface area contributed by atoms with Crippen LogP contribution in [0.25, 0.3) is 0 Å². The van der Waals surface area contributed by atoms with E-state index in [4.69, 9.17) is 11.6 Å². The zero-order valence-electron chi connectivity index (χ0n) is 13.4. The zero-order chi connectivity index (χ0) is 17.2. The molecule has 0 atom stereocenters. The minimum Gasteiger partial charge on any atom is -0.380 e. The molecule has 0 spiro atoms. The number of halogens is 5. The van der Waals surface area contributed by atoms with E-state index in [9.17, 15) is 13.2 Å². The van der Waals surface area contributed by atoms with Crippen molar-refractivity contribution in [1.29, 1.82) is 0 Å². The summed E-state index contributed by atoms with van der Waals surface area (Å²) in [7, 11) is 0. The molecule has 1 heterocycles. The maximum atomic E-state index is 12.8. The van der Waals surface area contributed by atoms with Crippen LogP contribution < -0.4 is 10.6 Å². The van der Waals surface area contributed by atoms with Gasteiger partial charge in [0.1, 0.15) is 0 Å². The molecule has 7 heteroatoms. The van der Waals surface area contributed by atoms with Crippen LogP contribution in [0.5, 0.6) is 0 Å². The molecule has 2 nitrogen and oxygen atoms in total. The summed E-state index contributed by atoms with van der Waals surface area (Å²) < 4.78 is 38.5. The molecular weight excluding hydrogens is 372 g/mol. The Morgan fingerprint density at radius 2 is 1.84 bits per heavy atom. The lowest BCUT2D eigenvalue weighted by Gasteiger charge is -2.17. The normalized spacial score (nSPS) is 14.2. The van der Waals surface area contributed by atoms with Crippen molar-refractivity contribution in [2.75, 3.05) is 18.4 Å². The Morgan fingerprint density at radius 3 is 2.60 bits per heavy atom. The second-order valence-electron chi connectivity index (χ2n) is 5.86. The van der Waals surface area contributed by atoms with Gasteiger partial charge in [-0.25, -0.2) is 0 Å². The summed E-state index contributed by atoms with van der Waals surface area (Å²) >= 11 is 6.32. The van der Waals surface area contributed by atoms with E-state index in [-0.39, 0.29) is 12.4 Å². The zero-order valence-corrected chi connectivity index (χ0v) is 15.0. The number of benzene rings is 2. The summed E-state index contributed by atoms with van der Waals surface area (Å²) in [5, 5.41) is 7.18. The fraction of sp³-hybridized carbons (Fsp3) is 0.333. The van der Waals surface area contributed by atoms with E-state index in [1.807, 2.05) is 12.1 Å². The van der Waals surface area contributed by atoms with Crippen LogP contribution >= 0.6 is 24.0 Å². The van der Waals surface area contributed by atoms with Crippen LogP contribution in [0, 0.1) is 0 Å². The molecule has 0 fully saturated rings. The first-order valence-electron chi connectivity index (χ1n) is 7.86. The average Bonchev–Trinajstić information content (AvgIpc) is 2.79. The summed E-state index contributed by atoms with van der Waals surface area (Å²) in [6.45, 7) is 2.08. The van der Waals surface area contributed by atoms with Gasteiger partial charge in [-0.3, -0.25) is 0 Å². The Bertz CT molecular complexity index is 733. The molecule has 2 N–H and O–H groups in total. The van der Waals surface area contributed by atoms with Gasteiger partial charge >= 0.3 is 6.18 Å². The van der Waals surface area contributed by atoms with Gasteiger partial charge in [0.25, 0.3) is 0 Å². The molecule has 2 aromatic carbocycles. The summed E-state index contributed by atoms with van der Waals surface area (Å²) in [6, 6.07) is 9.23. The van der Waals surface area contributed by atoms with Crippen LogP contribution in [0.1, 0.15) is 22.3 Å². The van der Waals surface area contributed by atoms with Crippen molar-refractivity contribution in [1.82, 2.24) is 5.32 Å². The topological polar surface area (TPSA) is 24.1 Å².